The quantitative estimate of drug-likeness (QED) is 0.825. The lowest BCUT2D eigenvalue weighted by atomic mass is 10.1. The zero-order chi connectivity index (χ0) is 12.8. The molecule has 3 heteroatoms. The molecule has 1 heterocycles. The van der Waals surface area contributed by atoms with E-state index in [1.165, 1.54) is 0 Å². The molecule has 0 spiro atoms. The lowest BCUT2D eigenvalue weighted by molar-refractivity contribution is 0.278. The summed E-state index contributed by atoms with van der Waals surface area (Å²) in [5.74, 6) is 1.75. The summed E-state index contributed by atoms with van der Waals surface area (Å²) in [4.78, 5) is 4.50. The minimum Gasteiger partial charge on any atom is -0.478 e. The van der Waals surface area contributed by atoms with E-state index >= 15 is 0 Å². The third-order valence-electron chi connectivity index (χ3n) is 2.65. The van der Waals surface area contributed by atoms with Crippen molar-refractivity contribution in [2.24, 2.45) is 11.7 Å². The standard InChI is InChI=1S/C14H24N2O/c1-10(2)5-6-17-14-8-12(9-15)7-13(16-14)11(3)4/h7-8,10-11H,5-6,9,15H2,1-4H3. The van der Waals surface area contributed by atoms with Gasteiger partial charge in [0.1, 0.15) is 0 Å². The fourth-order valence-electron chi connectivity index (χ4n) is 1.47. The molecule has 0 saturated heterocycles. The smallest absolute Gasteiger partial charge is 0.213 e. The first-order valence-corrected chi connectivity index (χ1v) is 6.36. The van der Waals surface area contributed by atoms with Gasteiger partial charge in [-0.3, -0.25) is 0 Å². The Labute approximate surface area is 104 Å². The van der Waals surface area contributed by atoms with Crippen LogP contribution in [0, 0.1) is 5.92 Å². The average molecular weight is 236 g/mol. The van der Waals surface area contributed by atoms with Gasteiger partial charge in [0, 0.05) is 18.3 Å². The Morgan fingerprint density at radius 3 is 2.47 bits per heavy atom. The zero-order valence-corrected chi connectivity index (χ0v) is 11.4. The van der Waals surface area contributed by atoms with Crippen molar-refractivity contribution < 1.29 is 4.74 Å². The van der Waals surface area contributed by atoms with Gasteiger partial charge in [-0.2, -0.15) is 0 Å². The van der Waals surface area contributed by atoms with Gasteiger partial charge in [-0.1, -0.05) is 27.7 Å². The summed E-state index contributed by atoms with van der Waals surface area (Å²) in [6.45, 7) is 9.87. The molecular weight excluding hydrogens is 212 g/mol. The van der Waals surface area contributed by atoms with Gasteiger partial charge in [-0.15, -0.1) is 0 Å². The van der Waals surface area contributed by atoms with Gasteiger partial charge >= 0.3 is 0 Å². The van der Waals surface area contributed by atoms with E-state index < -0.39 is 0 Å². The van der Waals surface area contributed by atoms with Crippen molar-refractivity contribution in [3.05, 3.63) is 23.4 Å². The Bertz CT molecular complexity index is 348. The average Bonchev–Trinajstić information content (AvgIpc) is 2.28. The second-order valence-electron chi connectivity index (χ2n) is 5.13. The Kier molecular flexibility index (Phi) is 5.42. The van der Waals surface area contributed by atoms with E-state index in [9.17, 15) is 0 Å². The third-order valence-corrected chi connectivity index (χ3v) is 2.65. The van der Waals surface area contributed by atoms with E-state index in [0.29, 0.717) is 24.3 Å². The molecule has 17 heavy (non-hydrogen) atoms. The lowest BCUT2D eigenvalue weighted by Crippen LogP contribution is -2.06. The zero-order valence-electron chi connectivity index (χ0n) is 11.4. The summed E-state index contributed by atoms with van der Waals surface area (Å²) in [5, 5.41) is 0. The molecule has 1 aromatic rings. The molecule has 0 bridgehead atoms. The highest BCUT2D eigenvalue weighted by Crippen LogP contribution is 2.19. The second kappa shape index (κ2) is 6.60. The van der Waals surface area contributed by atoms with E-state index in [1.807, 2.05) is 6.07 Å². The second-order valence-corrected chi connectivity index (χ2v) is 5.13. The largest absolute Gasteiger partial charge is 0.478 e. The van der Waals surface area contributed by atoms with Crippen molar-refractivity contribution in [1.29, 1.82) is 0 Å². The Hall–Kier alpha value is -1.09. The normalized spacial score (nSPS) is 11.2. The maximum atomic E-state index is 5.68. The van der Waals surface area contributed by atoms with Gasteiger partial charge in [0.2, 0.25) is 5.88 Å². The van der Waals surface area contributed by atoms with Gasteiger partial charge in [0.05, 0.1) is 6.61 Å². The van der Waals surface area contributed by atoms with E-state index in [2.05, 4.69) is 38.7 Å². The van der Waals surface area contributed by atoms with Crippen LogP contribution < -0.4 is 10.5 Å². The van der Waals surface area contributed by atoms with Gasteiger partial charge in [0.15, 0.2) is 0 Å². The van der Waals surface area contributed by atoms with Gasteiger partial charge < -0.3 is 10.5 Å². The van der Waals surface area contributed by atoms with Crippen molar-refractivity contribution in [1.82, 2.24) is 4.98 Å². The monoisotopic (exact) mass is 236 g/mol. The van der Waals surface area contributed by atoms with E-state index in [-0.39, 0.29) is 0 Å². The summed E-state index contributed by atoms with van der Waals surface area (Å²) in [6, 6.07) is 3.99. The number of ether oxygens (including phenoxy) is 1. The first kappa shape index (κ1) is 14.0. The Morgan fingerprint density at radius 2 is 1.94 bits per heavy atom. The molecule has 96 valence electrons. The summed E-state index contributed by atoms with van der Waals surface area (Å²) >= 11 is 0. The van der Waals surface area contributed by atoms with E-state index in [4.69, 9.17) is 10.5 Å². The number of rotatable bonds is 6. The lowest BCUT2D eigenvalue weighted by Gasteiger charge is -2.12. The molecule has 0 aliphatic rings. The fraction of sp³-hybridized carbons (Fsp3) is 0.643. The Morgan fingerprint density at radius 1 is 1.24 bits per heavy atom. The molecule has 0 aromatic carbocycles. The van der Waals surface area contributed by atoms with Gasteiger partial charge in [-0.05, 0) is 29.9 Å². The van der Waals surface area contributed by atoms with E-state index in [1.54, 1.807) is 0 Å². The number of hydrogen-bond acceptors (Lipinski definition) is 3. The predicted octanol–water partition coefficient (Wildman–Crippen LogP) is 3.09. The van der Waals surface area contributed by atoms with Crippen LogP contribution in [0.3, 0.4) is 0 Å². The van der Waals surface area contributed by atoms with Crippen molar-refractivity contribution >= 4 is 0 Å². The predicted molar refractivity (Wildman–Crippen MR) is 71.2 cm³/mol. The molecule has 2 N–H and O–H groups in total. The van der Waals surface area contributed by atoms with Gasteiger partial charge in [0.25, 0.3) is 0 Å². The van der Waals surface area contributed by atoms with Crippen LogP contribution in [0.15, 0.2) is 12.1 Å². The molecule has 0 aliphatic heterocycles. The molecular formula is C14H24N2O. The minimum atomic E-state index is 0.397. The first-order chi connectivity index (χ1) is 8.02. The van der Waals surface area contributed by atoms with Crippen LogP contribution in [-0.2, 0) is 6.54 Å². The number of aromatic nitrogens is 1. The van der Waals surface area contributed by atoms with E-state index in [0.717, 1.165) is 24.3 Å². The van der Waals surface area contributed by atoms with Crippen molar-refractivity contribution in [2.75, 3.05) is 6.61 Å². The highest BCUT2D eigenvalue weighted by Gasteiger charge is 2.06. The van der Waals surface area contributed by atoms with Crippen LogP contribution in [-0.4, -0.2) is 11.6 Å². The molecule has 0 radical (unpaired) electrons. The number of pyridine rings is 1. The van der Waals surface area contributed by atoms with Crippen LogP contribution in [0.5, 0.6) is 5.88 Å². The molecule has 0 atom stereocenters. The molecule has 0 unspecified atom stereocenters. The minimum absolute atomic E-state index is 0.397. The molecule has 0 amide bonds. The SMILES string of the molecule is CC(C)CCOc1cc(CN)cc(C(C)C)n1. The number of hydrogen-bond donors (Lipinski definition) is 1. The summed E-state index contributed by atoms with van der Waals surface area (Å²) in [6.07, 6.45) is 1.05. The van der Waals surface area contributed by atoms with Crippen molar-refractivity contribution in [3.8, 4) is 5.88 Å². The molecule has 0 aliphatic carbocycles. The fourth-order valence-corrected chi connectivity index (χ4v) is 1.47. The molecule has 1 aromatic heterocycles. The van der Waals surface area contributed by atoms with Crippen LogP contribution in [0.1, 0.15) is 51.3 Å². The number of nitrogens with zero attached hydrogens (tertiary/aromatic N) is 1. The third kappa shape index (κ3) is 4.73. The molecule has 3 nitrogen and oxygen atoms in total. The molecule has 0 fully saturated rings. The van der Waals surface area contributed by atoms with Crippen LogP contribution >= 0.6 is 0 Å². The first-order valence-electron chi connectivity index (χ1n) is 6.36. The van der Waals surface area contributed by atoms with Crippen LogP contribution in [0.2, 0.25) is 0 Å². The maximum absolute atomic E-state index is 5.68. The summed E-state index contributed by atoms with van der Waals surface area (Å²) in [5.41, 5.74) is 7.82. The Balaban J connectivity index is 2.73. The number of nitrogens with two attached hydrogens (primary N) is 1. The van der Waals surface area contributed by atoms with Crippen LogP contribution in [0.4, 0.5) is 0 Å². The molecule has 0 saturated carbocycles. The van der Waals surface area contributed by atoms with Crippen molar-refractivity contribution in [2.45, 2.75) is 46.6 Å². The summed E-state index contributed by atoms with van der Waals surface area (Å²) in [7, 11) is 0. The topological polar surface area (TPSA) is 48.1 Å². The highest BCUT2D eigenvalue weighted by molar-refractivity contribution is 5.26. The molecule has 1 rings (SSSR count). The highest BCUT2D eigenvalue weighted by atomic mass is 16.5. The summed E-state index contributed by atoms with van der Waals surface area (Å²) < 4.78 is 5.68. The van der Waals surface area contributed by atoms with Crippen molar-refractivity contribution in [3.63, 3.8) is 0 Å². The van der Waals surface area contributed by atoms with Gasteiger partial charge in [-0.25, -0.2) is 4.98 Å². The maximum Gasteiger partial charge on any atom is 0.213 e. The van der Waals surface area contributed by atoms with Crippen LogP contribution in [0.25, 0.3) is 0 Å².